The van der Waals surface area contributed by atoms with Crippen LogP contribution in [0.1, 0.15) is 0 Å². The minimum atomic E-state index is 0.541. The Morgan fingerprint density at radius 3 is 1.25 bits per heavy atom. The summed E-state index contributed by atoms with van der Waals surface area (Å²) >= 11 is 0. The lowest BCUT2D eigenvalue weighted by molar-refractivity contribution is 0.617. The molecule has 0 aliphatic heterocycles. The van der Waals surface area contributed by atoms with Gasteiger partial charge >= 0.3 is 0 Å². The zero-order chi connectivity index (χ0) is 67.2. The highest BCUT2D eigenvalue weighted by Crippen LogP contribution is 2.47. The molecule has 8 nitrogen and oxygen atoms in total. The number of hydrogen-bond acceptors (Lipinski definition) is 8. The van der Waals surface area contributed by atoms with Crippen molar-refractivity contribution in [3.05, 3.63) is 352 Å². The molecule has 8 heteroatoms. The topological polar surface area (TPSA) is 84.8 Å². The van der Waals surface area contributed by atoms with E-state index in [1.807, 2.05) is 42.5 Å². The first kappa shape index (κ1) is 58.3. The monoisotopic (exact) mass is 1310 g/mol. The fourth-order valence-corrected chi connectivity index (χ4v) is 14.9. The quantitative estimate of drug-likeness (QED) is 0.113. The maximum Gasteiger partial charge on any atom is 0.227 e. The van der Waals surface area contributed by atoms with Gasteiger partial charge in [-0.3, -0.25) is 0 Å². The van der Waals surface area contributed by atoms with Crippen molar-refractivity contribution >= 4 is 122 Å². The van der Waals surface area contributed by atoms with Crippen LogP contribution in [-0.2, 0) is 0 Å². The van der Waals surface area contributed by atoms with Crippen LogP contribution in [0.2, 0.25) is 0 Å². The maximum absolute atomic E-state index is 6.65. The highest BCUT2D eigenvalue weighted by molar-refractivity contribution is 6.12. The number of anilines is 6. The molecule has 0 unspecified atom stereocenters. The molecule has 0 aliphatic carbocycles. The molecule has 20 rings (SSSR count). The molecule has 4 heterocycles. The molecule has 0 N–H and O–H groups in total. The van der Waals surface area contributed by atoms with Crippen LogP contribution in [0, 0.1) is 0 Å². The summed E-state index contributed by atoms with van der Waals surface area (Å²) in [5.41, 5.74) is 25.2. The summed E-state index contributed by atoms with van der Waals surface area (Å²) in [4.78, 5) is 14.7. The number of benzene rings is 16. The lowest BCUT2D eigenvalue weighted by Crippen LogP contribution is -2.11. The Morgan fingerprint density at radius 1 is 0.196 bits per heavy atom. The zero-order valence-electron chi connectivity index (χ0n) is 54.9. The van der Waals surface area contributed by atoms with Gasteiger partial charge in [0.25, 0.3) is 0 Å². The second-order valence-electron chi connectivity index (χ2n) is 26.0. The predicted octanol–water partition coefficient (Wildman–Crippen LogP) is 26.7. The van der Waals surface area contributed by atoms with Crippen molar-refractivity contribution in [2.24, 2.45) is 0 Å². The molecule has 0 fully saturated rings. The zero-order valence-corrected chi connectivity index (χ0v) is 54.9. The van der Waals surface area contributed by atoms with Crippen molar-refractivity contribution in [3.63, 3.8) is 0 Å². The van der Waals surface area contributed by atoms with E-state index in [1.165, 1.54) is 27.5 Å². The molecule has 0 atom stereocenters. The first-order valence-corrected chi connectivity index (χ1v) is 34.3. The minimum absolute atomic E-state index is 0.541. The van der Waals surface area contributed by atoms with Gasteiger partial charge in [-0.1, -0.05) is 218 Å². The Labute approximate surface area is 586 Å². The Bertz CT molecular complexity index is 6610. The molecule has 0 saturated carbocycles. The molecule has 478 valence electrons. The lowest BCUT2D eigenvalue weighted by Gasteiger charge is -2.28. The molecule has 0 bridgehead atoms. The van der Waals surface area contributed by atoms with Gasteiger partial charge in [-0.2, -0.15) is 0 Å². The summed E-state index contributed by atoms with van der Waals surface area (Å²) in [6.07, 6.45) is 0. The second kappa shape index (κ2) is 24.0. The van der Waals surface area contributed by atoms with Gasteiger partial charge < -0.3 is 27.5 Å². The van der Waals surface area contributed by atoms with Crippen LogP contribution in [0.4, 0.5) is 34.1 Å². The largest absolute Gasteiger partial charge is 0.456 e. The van der Waals surface area contributed by atoms with E-state index in [2.05, 4.69) is 319 Å². The molecular formula is C94H58N4O4. The van der Waals surface area contributed by atoms with E-state index in [4.69, 9.17) is 27.6 Å². The van der Waals surface area contributed by atoms with Crippen molar-refractivity contribution < 1.29 is 17.7 Å². The van der Waals surface area contributed by atoms with E-state index in [0.717, 1.165) is 150 Å². The molecule has 16 aromatic carbocycles. The average molecular weight is 1310 g/mol. The van der Waals surface area contributed by atoms with Crippen molar-refractivity contribution in [3.8, 4) is 78.5 Å². The van der Waals surface area contributed by atoms with E-state index in [9.17, 15) is 0 Å². The van der Waals surface area contributed by atoms with E-state index >= 15 is 0 Å². The number of rotatable bonds is 13. The van der Waals surface area contributed by atoms with Gasteiger partial charge in [-0.15, -0.1) is 0 Å². The van der Waals surface area contributed by atoms with Crippen molar-refractivity contribution in [1.29, 1.82) is 0 Å². The summed E-state index contributed by atoms with van der Waals surface area (Å²) in [6, 6.07) is 124. The molecule has 0 saturated heterocycles. The van der Waals surface area contributed by atoms with Gasteiger partial charge in [0, 0.05) is 78.8 Å². The Hall–Kier alpha value is -13.8. The molecule has 0 aliphatic rings. The number of para-hydroxylation sites is 1. The van der Waals surface area contributed by atoms with Crippen LogP contribution in [0.5, 0.6) is 0 Å². The molecule has 0 amide bonds. The molecule has 0 spiro atoms. The number of furan rings is 2. The summed E-state index contributed by atoms with van der Waals surface area (Å²) < 4.78 is 26.0. The SMILES string of the molecule is c1ccc(-c2ccc(N(c3cccc(-c4ccc5c(-c6ccc(-c7nc8cc9c(cc8o7)oc7ccc(N(c8ccc(-c%10ccccc%10)cc8)c8ccccc8-c8cccc%10ccccc8%10)cc79)cc6)cccc5c4)c3)c3ccc4oc5cc6oc(-c7ccccc7)nc6cc5c4c3)cc2)cc1. The van der Waals surface area contributed by atoms with Gasteiger partial charge in [-0.05, 0) is 193 Å². The number of hydrogen-bond donors (Lipinski definition) is 0. The van der Waals surface area contributed by atoms with Gasteiger partial charge in [0.15, 0.2) is 11.2 Å². The van der Waals surface area contributed by atoms with Crippen LogP contribution in [-0.4, -0.2) is 9.97 Å². The standard InChI is InChI=1S/C94H58N4O4/c1-4-17-59(18-5-1)61-37-42-70(43-38-61)97(73-46-49-87-80(53-73)82-55-84-91(57-89(82)99-87)101-93(95-84)65-22-8-3-9-23-65)72-27-14-25-67(52-72)68-41-48-77-69(51-68)26-16-30-75(77)64-33-35-66(36-34-64)94-96-85-56-83-81-54-74(47-50-88(81)100-90(83)58-92(85)102-94)98(71-44-39-62(40-45-71)60-19-6-2-7-20-60)86-32-13-12-29-79(86)78-31-15-24-63-21-10-11-28-76(63)78/h1-58H. The van der Waals surface area contributed by atoms with Crippen LogP contribution in [0.3, 0.4) is 0 Å². The fourth-order valence-electron chi connectivity index (χ4n) is 14.9. The van der Waals surface area contributed by atoms with Gasteiger partial charge in [0.05, 0.1) is 5.69 Å². The smallest absolute Gasteiger partial charge is 0.227 e. The normalized spacial score (nSPS) is 11.7. The van der Waals surface area contributed by atoms with Crippen LogP contribution < -0.4 is 9.80 Å². The third-order valence-corrected chi connectivity index (χ3v) is 19.9. The highest BCUT2D eigenvalue weighted by Gasteiger charge is 2.24. The van der Waals surface area contributed by atoms with Crippen LogP contribution in [0.15, 0.2) is 370 Å². The first-order chi connectivity index (χ1) is 50.5. The van der Waals surface area contributed by atoms with Crippen LogP contribution >= 0.6 is 0 Å². The summed E-state index contributed by atoms with van der Waals surface area (Å²) in [6.45, 7) is 0. The number of fused-ring (bicyclic) bond motifs is 10. The minimum Gasteiger partial charge on any atom is -0.456 e. The summed E-state index contributed by atoms with van der Waals surface area (Å²) in [5.74, 6) is 1.12. The lowest BCUT2D eigenvalue weighted by atomic mass is 9.94. The Morgan fingerprint density at radius 2 is 0.608 bits per heavy atom. The molecular weight excluding hydrogens is 1250 g/mol. The van der Waals surface area contributed by atoms with Crippen molar-refractivity contribution in [2.45, 2.75) is 0 Å². The van der Waals surface area contributed by atoms with Crippen molar-refractivity contribution in [1.82, 2.24) is 9.97 Å². The maximum atomic E-state index is 6.65. The molecule has 102 heavy (non-hydrogen) atoms. The second-order valence-corrected chi connectivity index (χ2v) is 26.0. The van der Waals surface area contributed by atoms with Gasteiger partial charge in [-0.25, -0.2) is 9.97 Å². The summed E-state index contributed by atoms with van der Waals surface area (Å²) in [7, 11) is 0. The first-order valence-electron chi connectivity index (χ1n) is 34.3. The van der Waals surface area contributed by atoms with Crippen molar-refractivity contribution in [2.75, 3.05) is 9.80 Å². The highest BCUT2D eigenvalue weighted by atomic mass is 16.4. The average Bonchev–Trinajstić information content (AvgIpc) is 1.10. The number of aromatic nitrogens is 2. The van der Waals surface area contributed by atoms with Gasteiger partial charge in [0.2, 0.25) is 11.8 Å². The van der Waals surface area contributed by atoms with E-state index in [0.29, 0.717) is 22.9 Å². The molecule has 4 aromatic heterocycles. The molecule has 0 radical (unpaired) electrons. The van der Waals surface area contributed by atoms with E-state index in [-0.39, 0.29) is 0 Å². The van der Waals surface area contributed by atoms with Gasteiger partial charge in [0.1, 0.15) is 33.4 Å². The Balaban J connectivity index is 0.609. The Kier molecular flexibility index (Phi) is 13.7. The predicted molar refractivity (Wildman–Crippen MR) is 419 cm³/mol. The fraction of sp³-hybridized carbons (Fsp3) is 0. The summed E-state index contributed by atoms with van der Waals surface area (Å²) in [5, 5.41) is 8.60. The number of oxazole rings is 2. The van der Waals surface area contributed by atoms with E-state index < -0.39 is 0 Å². The molecule has 20 aromatic rings. The van der Waals surface area contributed by atoms with Crippen LogP contribution in [0.25, 0.3) is 166 Å². The third-order valence-electron chi connectivity index (χ3n) is 19.9. The number of nitrogens with zero attached hydrogens (tertiary/aromatic N) is 4. The third kappa shape index (κ3) is 10.2. The van der Waals surface area contributed by atoms with E-state index in [1.54, 1.807) is 0 Å².